The maximum atomic E-state index is 13.4. The van der Waals surface area contributed by atoms with E-state index in [9.17, 15) is 22.4 Å². The summed E-state index contributed by atoms with van der Waals surface area (Å²) in [6, 6.07) is 13.8. The molecular formula is C32H36F4N2O3. The second-order valence-electron chi connectivity index (χ2n) is 10.8. The zero-order valence-electron chi connectivity index (χ0n) is 23.9. The third-order valence-corrected chi connectivity index (χ3v) is 7.33. The van der Waals surface area contributed by atoms with E-state index in [-0.39, 0.29) is 44.3 Å². The van der Waals surface area contributed by atoms with Crippen molar-refractivity contribution >= 4 is 11.7 Å². The minimum Gasteiger partial charge on any atom is -0.493 e. The van der Waals surface area contributed by atoms with Crippen LogP contribution in [0.5, 0.6) is 5.75 Å². The molecule has 1 saturated heterocycles. The smallest absolute Gasteiger partial charge is 0.391 e. The van der Waals surface area contributed by atoms with E-state index in [1.165, 1.54) is 12.1 Å². The van der Waals surface area contributed by atoms with Gasteiger partial charge in [-0.1, -0.05) is 24.3 Å². The Bertz CT molecular complexity index is 1330. The van der Waals surface area contributed by atoms with Crippen molar-refractivity contribution in [3.8, 4) is 16.9 Å². The molecule has 1 aliphatic heterocycles. The lowest BCUT2D eigenvalue weighted by atomic mass is 9.91. The van der Waals surface area contributed by atoms with Gasteiger partial charge in [-0.3, -0.25) is 9.78 Å². The Morgan fingerprint density at radius 2 is 1.63 bits per heavy atom. The highest BCUT2D eigenvalue weighted by Crippen LogP contribution is 2.42. The summed E-state index contributed by atoms with van der Waals surface area (Å²) in [7, 11) is 0. The number of piperidine rings is 1. The topological polar surface area (TPSA) is 51.7 Å². The summed E-state index contributed by atoms with van der Waals surface area (Å²) >= 11 is 0. The third kappa shape index (κ3) is 7.77. The van der Waals surface area contributed by atoms with Crippen LogP contribution >= 0.6 is 0 Å². The summed E-state index contributed by atoms with van der Waals surface area (Å²) in [4.78, 5) is 19.4. The van der Waals surface area contributed by atoms with Crippen LogP contribution in [0.1, 0.15) is 49.2 Å². The van der Waals surface area contributed by atoms with Crippen LogP contribution in [0.25, 0.3) is 11.1 Å². The van der Waals surface area contributed by atoms with Crippen LogP contribution in [0.3, 0.4) is 0 Å². The molecule has 5 nitrogen and oxygen atoms in total. The first-order valence-electron chi connectivity index (χ1n) is 13.9. The second-order valence-corrected chi connectivity index (χ2v) is 10.8. The fourth-order valence-electron chi connectivity index (χ4n) is 5.31. The number of aromatic nitrogens is 1. The van der Waals surface area contributed by atoms with E-state index in [4.69, 9.17) is 14.5 Å². The number of carbonyl (C=O) groups is 1. The van der Waals surface area contributed by atoms with Crippen LogP contribution in [-0.4, -0.2) is 42.9 Å². The molecule has 0 spiro atoms. The molecule has 1 aromatic heterocycles. The summed E-state index contributed by atoms with van der Waals surface area (Å²) in [5.74, 6) is -1.37. The number of carbonyl (C=O) groups excluding carboxylic acids is 1. The van der Waals surface area contributed by atoms with E-state index in [1.54, 1.807) is 26.0 Å². The van der Waals surface area contributed by atoms with Crippen molar-refractivity contribution in [2.45, 2.75) is 65.7 Å². The molecule has 1 aliphatic rings. The lowest BCUT2D eigenvalue weighted by Crippen LogP contribution is -2.40. The summed E-state index contributed by atoms with van der Waals surface area (Å²) in [5, 5.41) is 0. The maximum absolute atomic E-state index is 13.4. The summed E-state index contributed by atoms with van der Waals surface area (Å²) in [6.45, 7) is 8.09. The molecule has 220 valence electrons. The van der Waals surface area contributed by atoms with Gasteiger partial charge in [-0.05, 0) is 75.9 Å². The van der Waals surface area contributed by atoms with E-state index in [0.29, 0.717) is 30.0 Å². The zero-order valence-corrected chi connectivity index (χ0v) is 23.9. The Labute approximate surface area is 238 Å². The van der Waals surface area contributed by atoms with Crippen molar-refractivity contribution < 1.29 is 31.8 Å². The van der Waals surface area contributed by atoms with Gasteiger partial charge in [0, 0.05) is 42.0 Å². The Morgan fingerprint density at radius 3 is 2.22 bits per heavy atom. The molecule has 0 bridgehead atoms. The van der Waals surface area contributed by atoms with Crippen LogP contribution in [-0.2, 0) is 22.4 Å². The van der Waals surface area contributed by atoms with Crippen molar-refractivity contribution in [3.63, 3.8) is 0 Å². The quantitative estimate of drug-likeness (QED) is 0.198. The van der Waals surface area contributed by atoms with Gasteiger partial charge in [-0.15, -0.1) is 0 Å². The maximum Gasteiger partial charge on any atom is 0.391 e. The molecule has 0 aliphatic carbocycles. The number of hydrogen-bond donors (Lipinski definition) is 0. The number of hydrogen-bond acceptors (Lipinski definition) is 5. The van der Waals surface area contributed by atoms with E-state index in [2.05, 4.69) is 0 Å². The summed E-state index contributed by atoms with van der Waals surface area (Å²) in [5.41, 5.74) is 5.36. The van der Waals surface area contributed by atoms with Gasteiger partial charge in [-0.2, -0.15) is 13.2 Å². The van der Waals surface area contributed by atoms with Crippen molar-refractivity contribution in [2.24, 2.45) is 5.92 Å². The molecular weight excluding hydrogens is 536 g/mol. The molecule has 0 N–H and O–H groups in total. The number of esters is 1. The summed E-state index contributed by atoms with van der Waals surface area (Å²) in [6.07, 6.45) is -3.95. The van der Waals surface area contributed by atoms with Gasteiger partial charge in [0.2, 0.25) is 0 Å². The van der Waals surface area contributed by atoms with Crippen LogP contribution in [0.4, 0.5) is 23.2 Å². The number of benzene rings is 2. The van der Waals surface area contributed by atoms with Gasteiger partial charge < -0.3 is 14.4 Å². The van der Waals surface area contributed by atoms with Crippen molar-refractivity contribution in [1.82, 2.24) is 4.98 Å². The second kappa shape index (κ2) is 12.9. The molecule has 4 rings (SSSR count). The predicted octanol–water partition coefficient (Wildman–Crippen LogP) is 7.40. The Balaban J connectivity index is 1.63. The van der Waals surface area contributed by atoms with E-state index in [1.807, 2.05) is 43.0 Å². The highest BCUT2D eigenvalue weighted by molar-refractivity contribution is 5.87. The SMILES string of the molecule is Cc1nc(C)c(-c2ccc(OCCc3ccc(F)cc3)cc2)c(N2CCC(C(F)(F)F)CC2)c1CC(=O)OC(C)C. The molecule has 0 amide bonds. The van der Waals surface area contributed by atoms with E-state index in [0.717, 1.165) is 28.1 Å². The minimum atomic E-state index is -4.23. The first kappa shape index (κ1) is 30.3. The first-order chi connectivity index (χ1) is 19.4. The summed E-state index contributed by atoms with van der Waals surface area (Å²) < 4.78 is 64.8. The number of ether oxygens (including phenoxy) is 2. The Hall–Kier alpha value is -3.62. The first-order valence-corrected chi connectivity index (χ1v) is 13.9. The van der Waals surface area contributed by atoms with E-state index >= 15 is 0 Å². The van der Waals surface area contributed by atoms with Crippen molar-refractivity contribution in [1.29, 1.82) is 0 Å². The lowest BCUT2D eigenvalue weighted by molar-refractivity contribution is -0.179. The number of alkyl halides is 3. The van der Waals surface area contributed by atoms with Crippen molar-refractivity contribution in [2.75, 3.05) is 24.6 Å². The van der Waals surface area contributed by atoms with Gasteiger partial charge in [0.1, 0.15) is 11.6 Å². The molecule has 41 heavy (non-hydrogen) atoms. The minimum absolute atomic E-state index is 0.0138. The van der Waals surface area contributed by atoms with Crippen molar-refractivity contribution in [3.05, 3.63) is 76.9 Å². The number of rotatable bonds is 9. The largest absolute Gasteiger partial charge is 0.493 e. The van der Waals surface area contributed by atoms with Gasteiger partial charge in [0.05, 0.1) is 30.7 Å². The number of aryl methyl sites for hydroxylation is 2. The highest BCUT2D eigenvalue weighted by Gasteiger charge is 2.41. The molecule has 3 aromatic rings. The molecule has 0 atom stereocenters. The normalized spacial score (nSPS) is 14.4. The molecule has 0 radical (unpaired) electrons. The highest BCUT2D eigenvalue weighted by atomic mass is 19.4. The van der Waals surface area contributed by atoms with Crippen LogP contribution in [0.2, 0.25) is 0 Å². The van der Waals surface area contributed by atoms with Gasteiger partial charge >= 0.3 is 12.1 Å². The average molecular weight is 573 g/mol. The fraction of sp³-hybridized carbons (Fsp3) is 0.438. The molecule has 2 heterocycles. The lowest BCUT2D eigenvalue weighted by Gasteiger charge is -2.37. The fourth-order valence-corrected chi connectivity index (χ4v) is 5.31. The third-order valence-electron chi connectivity index (χ3n) is 7.33. The number of pyridine rings is 1. The number of nitrogens with zero attached hydrogens (tertiary/aromatic N) is 2. The van der Waals surface area contributed by atoms with Gasteiger partial charge in [0.15, 0.2) is 0 Å². The molecule has 0 unspecified atom stereocenters. The Kier molecular flexibility index (Phi) is 9.56. The van der Waals surface area contributed by atoms with Crippen LogP contribution < -0.4 is 9.64 Å². The monoisotopic (exact) mass is 572 g/mol. The molecule has 0 saturated carbocycles. The average Bonchev–Trinajstić information content (AvgIpc) is 2.91. The molecule has 2 aromatic carbocycles. The molecule has 1 fully saturated rings. The molecule has 9 heteroatoms. The predicted molar refractivity (Wildman–Crippen MR) is 151 cm³/mol. The van der Waals surface area contributed by atoms with Crippen LogP contribution in [0.15, 0.2) is 48.5 Å². The zero-order chi connectivity index (χ0) is 29.7. The van der Waals surface area contributed by atoms with E-state index < -0.39 is 18.1 Å². The van der Waals surface area contributed by atoms with Crippen LogP contribution in [0, 0.1) is 25.6 Å². The standard InChI is InChI=1S/C32H36F4N2O3/c1-20(2)41-29(39)19-28-21(3)37-22(4)30(31(28)38-16-13-25(14-17-38)32(34,35)36)24-7-11-27(12-8-24)40-18-15-23-5-9-26(33)10-6-23/h5-12,20,25H,13-19H2,1-4H3. The Morgan fingerprint density at radius 1 is 1.00 bits per heavy atom. The number of halogens is 4. The van der Waals surface area contributed by atoms with Gasteiger partial charge in [-0.25, -0.2) is 4.39 Å². The number of anilines is 1. The van der Waals surface area contributed by atoms with Gasteiger partial charge in [0.25, 0.3) is 0 Å².